The number of nitrogens with one attached hydrogen (secondary N) is 1. The molecule has 3 aromatic rings. The van der Waals surface area contributed by atoms with Crippen molar-refractivity contribution in [1.29, 1.82) is 0 Å². The fraction of sp³-hybridized carbons (Fsp3) is 0.115. The number of halogens is 2. The number of ether oxygens (including phenoxy) is 1. The maximum Gasteiger partial charge on any atom is 0.343 e. The molecule has 34 heavy (non-hydrogen) atoms. The van der Waals surface area contributed by atoms with Crippen LogP contribution in [0.3, 0.4) is 0 Å². The highest BCUT2D eigenvalue weighted by atomic mass is 35.5. The van der Waals surface area contributed by atoms with Gasteiger partial charge in [0.25, 0.3) is 11.8 Å². The Morgan fingerprint density at radius 2 is 1.56 bits per heavy atom. The number of hydrogen-bond acceptors (Lipinski definition) is 5. The molecule has 0 aliphatic carbocycles. The first-order valence-electron chi connectivity index (χ1n) is 10.4. The summed E-state index contributed by atoms with van der Waals surface area (Å²) in [6.07, 6.45) is 0. The molecule has 0 bridgehead atoms. The maximum atomic E-state index is 13.0. The van der Waals surface area contributed by atoms with Crippen LogP contribution in [0.25, 0.3) is 0 Å². The third-order valence-corrected chi connectivity index (χ3v) is 5.95. The van der Waals surface area contributed by atoms with Crippen molar-refractivity contribution in [3.8, 4) is 5.75 Å². The Morgan fingerprint density at radius 1 is 0.853 bits per heavy atom. The second-order valence-corrected chi connectivity index (χ2v) is 8.74. The zero-order valence-corrected chi connectivity index (χ0v) is 20.1. The van der Waals surface area contributed by atoms with Crippen LogP contribution in [0.4, 0.5) is 11.4 Å². The number of anilines is 2. The lowest BCUT2D eigenvalue weighted by molar-refractivity contribution is -0.120. The Balaban J connectivity index is 1.50. The Hall–Kier alpha value is -3.61. The van der Waals surface area contributed by atoms with E-state index in [0.29, 0.717) is 27.7 Å². The highest BCUT2D eigenvalue weighted by Crippen LogP contribution is 2.32. The van der Waals surface area contributed by atoms with E-state index in [1.54, 1.807) is 55.5 Å². The highest BCUT2D eigenvalue weighted by Gasteiger charge is 2.39. The number of amides is 2. The van der Waals surface area contributed by atoms with Crippen LogP contribution < -0.4 is 15.0 Å². The van der Waals surface area contributed by atoms with Gasteiger partial charge in [-0.1, -0.05) is 35.3 Å². The van der Waals surface area contributed by atoms with E-state index in [2.05, 4.69) is 5.32 Å². The molecule has 0 atom stereocenters. The van der Waals surface area contributed by atoms with Crippen molar-refractivity contribution in [1.82, 2.24) is 0 Å². The van der Waals surface area contributed by atoms with Gasteiger partial charge in [0, 0.05) is 10.7 Å². The number of esters is 1. The van der Waals surface area contributed by atoms with E-state index in [4.69, 9.17) is 27.9 Å². The molecule has 6 nitrogen and oxygen atoms in total. The first-order chi connectivity index (χ1) is 16.2. The Labute approximate surface area is 206 Å². The van der Waals surface area contributed by atoms with E-state index in [-0.39, 0.29) is 10.7 Å². The maximum absolute atomic E-state index is 13.0. The normalized spacial score (nSPS) is 13.5. The number of carbonyl (C=O) groups excluding carboxylic acids is 3. The molecule has 172 valence electrons. The molecule has 4 rings (SSSR count). The molecule has 0 unspecified atom stereocenters. The van der Waals surface area contributed by atoms with Crippen molar-refractivity contribution in [3.63, 3.8) is 0 Å². The van der Waals surface area contributed by atoms with Crippen molar-refractivity contribution in [2.75, 3.05) is 10.2 Å². The molecule has 0 saturated heterocycles. The Morgan fingerprint density at radius 3 is 2.24 bits per heavy atom. The van der Waals surface area contributed by atoms with Crippen LogP contribution in [-0.2, 0) is 9.59 Å². The second kappa shape index (κ2) is 9.33. The minimum atomic E-state index is -0.596. The molecule has 1 N–H and O–H groups in total. The van der Waals surface area contributed by atoms with E-state index < -0.39 is 17.8 Å². The number of rotatable bonds is 5. The molecule has 8 heteroatoms. The lowest BCUT2D eigenvalue weighted by Crippen LogP contribution is -2.32. The summed E-state index contributed by atoms with van der Waals surface area (Å²) < 4.78 is 5.44. The minimum absolute atomic E-state index is 0.0281. The summed E-state index contributed by atoms with van der Waals surface area (Å²) in [7, 11) is 0. The lowest BCUT2D eigenvalue weighted by Gasteiger charge is -2.18. The molecule has 0 radical (unpaired) electrons. The van der Waals surface area contributed by atoms with Gasteiger partial charge >= 0.3 is 5.97 Å². The van der Waals surface area contributed by atoms with E-state index in [1.165, 1.54) is 0 Å². The van der Waals surface area contributed by atoms with E-state index in [1.807, 2.05) is 26.0 Å². The van der Waals surface area contributed by atoms with Crippen molar-refractivity contribution in [2.24, 2.45) is 0 Å². The summed E-state index contributed by atoms with van der Waals surface area (Å²) in [5, 5.41) is 3.26. The number of imide groups is 1. The zero-order valence-electron chi connectivity index (χ0n) is 18.6. The summed E-state index contributed by atoms with van der Waals surface area (Å²) in [5.74, 6) is -1.27. The third-order valence-electron chi connectivity index (χ3n) is 5.36. The van der Waals surface area contributed by atoms with Crippen LogP contribution in [0.2, 0.25) is 5.02 Å². The van der Waals surface area contributed by atoms with Crippen LogP contribution >= 0.6 is 23.2 Å². The monoisotopic (exact) mass is 494 g/mol. The van der Waals surface area contributed by atoms with Gasteiger partial charge in [0.05, 0.1) is 11.3 Å². The van der Waals surface area contributed by atoms with Crippen molar-refractivity contribution in [3.05, 3.63) is 98.7 Å². The number of benzene rings is 3. The van der Waals surface area contributed by atoms with Crippen molar-refractivity contribution >= 4 is 52.4 Å². The Bertz CT molecular complexity index is 1360. The molecule has 2 amide bonds. The SMILES string of the molecule is Cc1ccc(C)c(N2C(=O)C(Cl)=C(Nc3ccc(C(=O)Oc4ccc(Cl)cc4C)cc3)C2=O)c1. The fourth-order valence-electron chi connectivity index (χ4n) is 3.51. The minimum Gasteiger partial charge on any atom is -0.423 e. The van der Waals surface area contributed by atoms with Crippen molar-refractivity contribution < 1.29 is 19.1 Å². The van der Waals surface area contributed by atoms with Gasteiger partial charge in [-0.3, -0.25) is 9.59 Å². The average Bonchev–Trinajstić information content (AvgIpc) is 3.01. The van der Waals surface area contributed by atoms with E-state index in [0.717, 1.165) is 21.6 Å². The fourth-order valence-corrected chi connectivity index (χ4v) is 3.95. The number of carbonyl (C=O) groups is 3. The predicted molar refractivity (Wildman–Crippen MR) is 133 cm³/mol. The molecule has 3 aromatic carbocycles. The summed E-state index contributed by atoms with van der Waals surface area (Å²) in [6.45, 7) is 5.49. The highest BCUT2D eigenvalue weighted by molar-refractivity contribution is 6.53. The number of nitrogens with zero attached hydrogens (tertiary/aromatic N) is 1. The van der Waals surface area contributed by atoms with Crippen LogP contribution in [0.1, 0.15) is 27.0 Å². The molecule has 0 spiro atoms. The van der Waals surface area contributed by atoms with Gasteiger partial charge in [-0.15, -0.1) is 0 Å². The van der Waals surface area contributed by atoms with Crippen LogP contribution in [0.15, 0.2) is 71.4 Å². The van der Waals surface area contributed by atoms with Crippen LogP contribution in [0, 0.1) is 20.8 Å². The van der Waals surface area contributed by atoms with Gasteiger partial charge < -0.3 is 10.1 Å². The quantitative estimate of drug-likeness (QED) is 0.270. The molecular weight excluding hydrogens is 475 g/mol. The molecule has 0 aromatic heterocycles. The molecule has 1 aliphatic heterocycles. The molecule has 0 fully saturated rings. The molecule has 1 aliphatic rings. The first-order valence-corrected chi connectivity index (χ1v) is 11.1. The smallest absolute Gasteiger partial charge is 0.343 e. The molecule has 1 heterocycles. The zero-order chi connectivity index (χ0) is 24.6. The third kappa shape index (κ3) is 4.55. The predicted octanol–water partition coefficient (Wildman–Crippen LogP) is 5.92. The van der Waals surface area contributed by atoms with Gasteiger partial charge in [-0.2, -0.15) is 0 Å². The second-order valence-electron chi connectivity index (χ2n) is 7.93. The topological polar surface area (TPSA) is 75.7 Å². The average molecular weight is 495 g/mol. The van der Waals surface area contributed by atoms with Gasteiger partial charge in [0.1, 0.15) is 16.5 Å². The molecule has 0 saturated carbocycles. The van der Waals surface area contributed by atoms with Gasteiger partial charge in [0.15, 0.2) is 0 Å². The van der Waals surface area contributed by atoms with Gasteiger partial charge in [-0.25, -0.2) is 9.69 Å². The summed E-state index contributed by atoms with van der Waals surface area (Å²) in [4.78, 5) is 39.4. The summed E-state index contributed by atoms with van der Waals surface area (Å²) in [5.41, 5.74) is 3.67. The summed E-state index contributed by atoms with van der Waals surface area (Å²) >= 11 is 12.2. The van der Waals surface area contributed by atoms with Gasteiger partial charge in [0.2, 0.25) is 0 Å². The van der Waals surface area contributed by atoms with Crippen LogP contribution in [0.5, 0.6) is 5.75 Å². The molecular formula is C26H20Cl2N2O4. The standard InChI is InChI=1S/C26H20Cl2N2O4/c1-14-4-5-15(2)20(12-14)30-24(31)22(28)23(25(30)32)29-19-9-6-17(7-10-19)26(33)34-21-11-8-18(27)13-16(21)3/h4-13,29H,1-3H3. The van der Waals surface area contributed by atoms with E-state index in [9.17, 15) is 14.4 Å². The summed E-state index contributed by atoms with van der Waals surface area (Å²) in [6, 6.07) is 16.8. The Kier molecular flexibility index (Phi) is 6.46. The van der Waals surface area contributed by atoms with Gasteiger partial charge in [-0.05, 0) is 86.0 Å². The van der Waals surface area contributed by atoms with Crippen molar-refractivity contribution in [2.45, 2.75) is 20.8 Å². The van der Waals surface area contributed by atoms with E-state index >= 15 is 0 Å². The lowest BCUT2D eigenvalue weighted by atomic mass is 10.1. The largest absolute Gasteiger partial charge is 0.423 e. The number of hydrogen-bond donors (Lipinski definition) is 1. The number of aryl methyl sites for hydroxylation is 3. The first kappa shape index (κ1) is 23.5. The van der Waals surface area contributed by atoms with Crippen LogP contribution in [-0.4, -0.2) is 17.8 Å².